The van der Waals surface area contributed by atoms with Crippen LogP contribution in [0.15, 0.2) is 59.8 Å². The van der Waals surface area contributed by atoms with Crippen molar-refractivity contribution in [3.8, 4) is 11.4 Å². The van der Waals surface area contributed by atoms with Gasteiger partial charge in [0.05, 0.1) is 41.6 Å². The fraction of sp³-hybridized carbons (Fsp3) is 0.167. The third kappa shape index (κ3) is 3.74. The number of imidazole rings is 1. The Balaban J connectivity index is 1.52. The summed E-state index contributed by atoms with van der Waals surface area (Å²) in [5, 5.41) is 4.54. The average molecular weight is 474 g/mol. The van der Waals surface area contributed by atoms with E-state index in [0.717, 1.165) is 35.2 Å². The number of hydrogen-bond donors (Lipinski definition) is 3. The number of pyridine rings is 1. The van der Waals surface area contributed by atoms with Crippen LogP contribution in [-0.4, -0.2) is 51.2 Å². The van der Waals surface area contributed by atoms with Crippen molar-refractivity contribution in [2.75, 3.05) is 36.5 Å². The van der Waals surface area contributed by atoms with Crippen LogP contribution >= 0.6 is 11.6 Å². The summed E-state index contributed by atoms with van der Waals surface area (Å²) in [6.07, 6.45) is 4.76. The number of hydrogen-bond acceptors (Lipinski definition) is 7. The number of nitrogens with one attached hydrogen (secondary N) is 3. The highest BCUT2D eigenvalue weighted by Crippen LogP contribution is 2.34. The molecule has 3 N–H and O–H groups in total. The summed E-state index contributed by atoms with van der Waals surface area (Å²) >= 11 is 6.30. The number of halogens is 1. The molecule has 4 heterocycles. The molecular formula is C24H20ClN7O2. The number of anilines is 3. The quantitative estimate of drug-likeness (QED) is 0.360. The molecule has 1 aliphatic heterocycles. The molecule has 0 amide bonds. The largest absolute Gasteiger partial charge is 0.378 e. The Morgan fingerprint density at radius 2 is 1.91 bits per heavy atom. The van der Waals surface area contributed by atoms with Gasteiger partial charge in [0.1, 0.15) is 17.2 Å². The lowest BCUT2D eigenvalue weighted by molar-refractivity contribution is 0.122. The van der Waals surface area contributed by atoms with Gasteiger partial charge >= 0.3 is 0 Å². The molecule has 0 unspecified atom stereocenters. The number of morpholine rings is 1. The van der Waals surface area contributed by atoms with E-state index >= 15 is 0 Å². The van der Waals surface area contributed by atoms with E-state index < -0.39 is 0 Å². The maximum atomic E-state index is 13.3. The van der Waals surface area contributed by atoms with Gasteiger partial charge < -0.3 is 24.9 Å². The first-order chi connectivity index (χ1) is 16.7. The summed E-state index contributed by atoms with van der Waals surface area (Å²) in [5.74, 6) is 0.949. The predicted molar refractivity (Wildman–Crippen MR) is 133 cm³/mol. The number of nitrogens with zero attached hydrogens (tertiary/aromatic N) is 4. The summed E-state index contributed by atoms with van der Waals surface area (Å²) in [5.41, 5.74) is 3.98. The number of aromatic amines is 2. The molecular weight excluding hydrogens is 454 g/mol. The lowest BCUT2D eigenvalue weighted by atomic mass is 10.1. The van der Waals surface area contributed by atoms with Crippen molar-refractivity contribution in [1.82, 2.24) is 24.9 Å². The fourth-order valence-corrected chi connectivity index (χ4v) is 4.42. The van der Waals surface area contributed by atoms with Crippen LogP contribution < -0.4 is 15.8 Å². The van der Waals surface area contributed by atoms with E-state index in [2.05, 4.69) is 36.2 Å². The first-order valence-electron chi connectivity index (χ1n) is 10.9. The van der Waals surface area contributed by atoms with Gasteiger partial charge in [0.25, 0.3) is 5.56 Å². The zero-order valence-corrected chi connectivity index (χ0v) is 18.8. The summed E-state index contributed by atoms with van der Waals surface area (Å²) in [6.45, 7) is 3.09. The second-order valence-corrected chi connectivity index (χ2v) is 8.43. The average Bonchev–Trinajstić information content (AvgIpc) is 3.28. The van der Waals surface area contributed by atoms with Gasteiger partial charge in [0, 0.05) is 41.6 Å². The second kappa shape index (κ2) is 8.44. The molecule has 3 aromatic heterocycles. The first kappa shape index (κ1) is 20.6. The van der Waals surface area contributed by atoms with E-state index in [4.69, 9.17) is 21.3 Å². The Hall–Kier alpha value is -3.95. The lowest BCUT2D eigenvalue weighted by Crippen LogP contribution is -2.36. The van der Waals surface area contributed by atoms with Crippen LogP contribution in [0.3, 0.4) is 0 Å². The van der Waals surface area contributed by atoms with Gasteiger partial charge in [-0.25, -0.2) is 9.97 Å². The van der Waals surface area contributed by atoms with Crippen molar-refractivity contribution in [3.63, 3.8) is 0 Å². The van der Waals surface area contributed by atoms with Gasteiger partial charge in [-0.05, 0) is 36.4 Å². The van der Waals surface area contributed by atoms with E-state index in [-0.39, 0.29) is 5.56 Å². The second-order valence-electron chi connectivity index (χ2n) is 8.00. The molecule has 0 radical (unpaired) electrons. The molecule has 0 saturated carbocycles. The van der Waals surface area contributed by atoms with Crippen LogP contribution in [0.1, 0.15) is 0 Å². The zero-order valence-electron chi connectivity index (χ0n) is 18.0. The van der Waals surface area contributed by atoms with Crippen LogP contribution in [-0.2, 0) is 4.74 Å². The molecule has 0 bridgehead atoms. The highest BCUT2D eigenvalue weighted by molar-refractivity contribution is 6.31. The Morgan fingerprint density at radius 1 is 1.03 bits per heavy atom. The van der Waals surface area contributed by atoms with Crippen LogP contribution in [0, 0.1) is 0 Å². The number of H-pyrrole nitrogens is 2. The monoisotopic (exact) mass is 473 g/mol. The number of ether oxygens (including phenoxy) is 1. The zero-order chi connectivity index (χ0) is 23.1. The van der Waals surface area contributed by atoms with Crippen LogP contribution in [0.25, 0.3) is 33.3 Å². The molecule has 0 spiro atoms. The standard InChI is InChI=1S/C24H20ClN7O2/c25-14-1-3-17-16(11-14)22(31-20-13-26-5-6-27-20)21(24(33)30-17)23-28-18-4-2-15(12-19(18)29-23)32-7-9-34-10-8-32/h1-6,11-13H,7-10H2,(H,28,29)(H2,27,30,31,33). The molecule has 6 rings (SSSR count). The maximum Gasteiger partial charge on any atom is 0.261 e. The number of benzene rings is 2. The molecule has 2 aromatic carbocycles. The van der Waals surface area contributed by atoms with E-state index in [0.29, 0.717) is 46.6 Å². The Morgan fingerprint density at radius 3 is 2.74 bits per heavy atom. The van der Waals surface area contributed by atoms with Gasteiger partial charge in [0.2, 0.25) is 0 Å². The Bertz CT molecular complexity index is 1560. The highest BCUT2D eigenvalue weighted by Gasteiger charge is 2.20. The third-order valence-corrected chi connectivity index (χ3v) is 6.11. The number of rotatable bonds is 4. The summed E-state index contributed by atoms with van der Waals surface area (Å²) in [6, 6.07) is 11.4. The molecule has 170 valence electrons. The number of aromatic nitrogens is 5. The molecule has 0 aliphatic carbocycles. The predicted octanol–water partition coefficient (Wildman–Crippen LogP) is 4.10. The van der Waals surface area contributed by atoms with Crippen molar-refractivity contribution in [2.45, 2.75) is 0 Å². The SMILES string of the molecule is O=c1[nH]c2ccc(Cl)cc2c(Nc2cnccn2)c1-c1nc2ccc(N3CCOCC3)cc2[nH]1. The van der Waals surface area contributed by atoms with Crippen molar-refractivity contribution in [2.24, 2.45) is 0 Å². The van der Waals surface area contributed by atoms with E-state index in [1.54, 1.807) is 36.8 Å². The van der Waals surface area contributed by atoms with Gasteiger partial charge in [0.15, 0.2) is 0 Å². The topological polar surface area (TPSA) is 112 Å². The molecule has 34 heavy (non-hydrogen) atoms. The van der Waals surface area contributed by atoms with Gasteiger partial charge in [-0.3, -0.25) is 9.78 Å². The Labute approximate surface area is 198 Å². The van der Waals surface area contributed by atoms with E-state index in [1.807, 2.05) is 12.1 Å². The summed E-state index contributed by atoms with van der Waals surface area (Å²) < 4.78 is 5.46. The fourth-order valence-electron chi connectivity index (χ4n) is 4.25. The highest BCUT2D eigenvalue weighted by atomic mass is 35.5. The van der Waals surface area contributed by atoms with Crippen molar-refractivity contribution in [1.29, 1.82) is 0 Å². The molecule has 9 nitrogen and oxygen atoms in total. The van der Waals surface area contributed by atoms with E-state index in [9.17, 15) is 4.79 Å². The number of fused-ring (bicyclic) bond motifs is 2. The smallest absolute Gasteiger partial charge is 0.261 e. The minimum atomic E-state index is -0.284. The molecule has 1 fully saturated rings. The third-order valence-electron chi connectivity index (χ3n) is 5.87. The van der Waals surface area contributed by atoms with Crippen molar-refractivity contribution < 1.29 is 4.74 Å². The maximum absolute atomic E-state index is 13.3. The summed E-state index contributed by atoms with van der Waals surface area (Å²) in [4.78, 5) is 35.0. The van der Waals surface area contributed by atoms with Gasteiger partial charge in [-0.15, -0.1) is 0 Å². The van der Waals surface area contributed by atoms with Crippen LogP contribution in [0.2, 0.25) is 5.02 Å². The molecule has 0 atom stereocenters. The molecule has 1 aliphatic rings. The van der Waals surface area contributed by atoms with Crippen LogP contribution in [0.5, 0.6) is 0 Å². The van der Waals surface area contributed by atoms with Gasteiger partial charge in [-0.1, -0.05) is 11.6 Å². The first-order valence-corrected chi connectivity index (χ1v) is 11.2. The molecule has 1 saturated heterocycles. The normalized spacial score (nSPS) is 14.1. The lowest BCUT2D eigenvalue weighted by Gasteiger charge is -2.28. The van der Waals surface area contributed by atoms with Crippen LogP contribution in [0.4, 0.5) is 17.2 Å². The van der Waals surface area contributed by atoms with E-state index in [1.165, 1.54) is 0 Å². The minimum Gasteiger partial charge on any atom is -0.378 e. The van der Waals surface area contributed by atoms with Gasteiger partial charge in [-0.2, -0.15) is 0 Å². The van der Waals surface area contributed by atoms with Crippen molar-refractivity contribution in [3.05, 3.63) is 70.4 Å². The Kier molecular flexibility index (Phi) is 5.12. The summed E-state index contributed by atoms with van der Waals surface area (Å²) in [7, 11) is 0. The molecule has 10 heteroatoms. The van der Waals surface area contributed by atoms with Crippen molar-refractivity contribution >= 4 is 50.7 Å². The minimum absolute atomic E-state index is 0.284. The molecule has 5 aromatic rings.